The maximum Gasteiger partial charge on any atom is 0.180 e. The number of nitrogens with zero attached hydrogens (tertiary/aromatic N) is 4. The molecule has 0 bridgehead atoms. The molecule has 5 nitrogen and oxygen atoms in total. The SMILES string of the molecule is CC1CCCC(N(C)c2nc(N)cn3ccnc23)C1. The number of fused-ring (bicyclic) bond motifs is 1. The summed E-state index contributed by atoms with van der Waals surface area (Å²) in [5.74, 6) is 2.22. The van der Waals surface area contributed by atoms with E-state index in [1.807, 2.05) is 16.8 Å². The molecule has 1 fully saturated rings. The van der Waals surface area contributed by atoms with Crippen LogP contribution in [0.15, 0.2) is 18.6 Å². The standard InChI is InChI=1S/C14H21N5/c1-10-4-3-5-11(8-10)18(2)14-13-16-6-7-19(13)9-12(15)17-14/h6-7,9-11H,3-5,8,15H2,1-2H3. The van der Waals surface area contributed by atoms with Gasteiger partial charge in [0.15, 0.2) is 11.5 Å². The molecular formula is C14H21N5. The first kappa shape index (κ1) is 12.3. The lowest BCUT2D eigenvalue weighted by molar-refractivity contribution is 0.336. The van der Waals surface area contributed by atoms with Gasteiger partial charge in [-0.15, -0.1) is 0 Å². The highest BCUT2D eigenvalue weighted by atomic mass is 15.2. The second kappa shape index (κ2) is 4.72. The minimum atomic E-state index is 0.538. The number of imidazole rings is 1. The van der Waals surface area contributed by atoms with Crippen molar-refractivity contribution in [1.29, 1.82) is 0 Å². The molecule has 0 spiro atoms. The molecule has 2 unspecified atom stereocenters. The van der Waals surface area contributed by atoms with Gasteiger partial charge >= 0.3 is 0 Å². The predicted molar refractivity (Wildman–Crippen MR) is 77.2 cm³/mol. The van der Waals surface area contributed by atoms with E-state index < -0.39 is 0 Å². The lowest BCUT2D eigenvalue weighted by Crippen LogP contribution is -2.36. The first-order chi connectivity index (χ1) is 9.15. The fourth-order valence-electron chi connectivity index (χ4n) is 3.10. The monoisotopic (exact) mass is 259 g/mol. The summed E-state index contributed by atoms with van der Waals surface area (Å²) < 4.78 is 1.94. The molecule has 0 aliphatic heterocycles. The minimum absolute atomic E-state index is 0.538. The van der Waals surface area contributed by atoms with Crippen molar-refractivity contribution < 1.29 is 0 Å². The Bertz CT molecular complexity index is 576. The Morgan fingerprint density at radius 1 is 1.42 bits per heavy atom. The van der Waals surface area contributed by atoms with Gasteiger partial charge < -0.3 is 15.0 Å². The van der Waals surface area contributed by atoms with Gasteiger partial charge in [0.05, 0.1) is 6.20 Å². The van der Waals surface area contributed by atoms with E-state index in [0.29, 0.717) is 11.9 Å². The maximum atomic E-state index is 5.89. The molecule has 0 radical (unpaired) electrons. The quantitative estimate of drug-likeness (QED) is 0.899. The molecule has 0 amide bonds. The van der Waals surface area contributed by atoms with Crippen molar-refractivity contribution in [1.82, 2.24) is 14.4 Å². The third kappa shape index (κ3) is 2.25. The molecular weight excluding hydrogens is 238 g/mol. The topological polar surface area (TPSA) is 59.5 Å². The van der Waals surface area contributed by atoms with Gasteiger partial charge in [0.1, 0.15) is 5.82 Å². The highest BCUT2D eigenvalue weighted by Gasteiger charge is 2.25. The van der Waals surface area contributed by atoms with Crippen LogP contribution in [-0.4, -0.2) is 27.5 Å². The van der Waals surface area contributed by atoms with Crippen LogP contribution in [0.2, 0.25) is 0 Å². The number of hydrogen-bond donors (Lipinski definition) is 1. The number of anilines is 2. The minimum Gasteiger partial charge on any atom is -0.382 e. The van der Waals surface area contributed by atoms with Crippen molar-refractivity contribution in [2.75, 3.05) is 17.7 Å². The van der Waals surface area contributed by atoms with Gasteiger partial charge in [0.25, 0.3) is 0 Å². The summed E-state index contributed by atoms with van der Waals surface area (Å²) in [5, 5.41) is 0. The molecule has 2 aromatic heterocycles. The third-order valence-electron chi connectivity index (χ3n) is 4.17. The van der Waals surface area contributed by atoms with Crippen LogP contribution in [0.3, 0.4) is 0 Å². The van der Waals surface area contributed by atoms with E-state index in [4.69, 9.17) is 5.73 Å². The second-order valence-electron chi connectivity index (χ2n) is 5.68. The van der Waals surface area contributed by atoms with Gasteiger partial charge in [-0.05, 0) is 18.8 Å². The summed E-state index contributed by atoms with van der Waals surface area (Å²) in [4.78, 5) is 11.2. The molecule has 1 saturated carbocycles. The Hall–Kier alpha value is -1.78. The molecule has 1 aliphatic rings. The van der Waals surface area contributed by atoms with E-state index in [2.05, 4.69) is 28.8 Å². The summed E-state index contributed by atoms with van der Waals surface area (Å²) in [6.45, 7) is 2.33. The Balaban J connectivity index is 1.96. The number of hydrogen-bond acceptors (Lipinski definition) is 4. The van der Waals surface area contributed by atoms with Gasteiger partial charge in [-0.25, -0.2) is 9.97 Å². The molecule has 2 atom stereocenters. The normalized spacial score (nSPS) is 23.7. The first-order valence-electron chi connectivity index (χ1n) is 6.97. The van der Waals surface area contributed by atoms with Crippen LogP contribution in [0.4, 0.5) is 11.6 Å². The number of aromatic nitrogens is 3. The lowest BCUT2D eigenvalue weighted by Gasteiger charge is -2.34. The van der Waals surface area contributed by atoms with Crippen molar-refractivity contribution in [3.63, 3.8) is 0 Å². The van der Waals surface area contributed by atoms with E-state index in [-0.39, 0.29) is 0 Å². The van der Waals surface area contributed by atoms with E-state index in [1.54, 1.807) is 6.20 Å². The summed E-state index contributed by atoms with van der Waals surface area (Å²) in [6.07, 6.45) is 10.6. The smallest absolute Gasteiger partial charge is 0.180 e. The van der Waals surface area contributed by atoms with E-state index in [9.17, 15) is 0 Å². The molecule has 1 aliphatic carbocycles. The molecule has 19 heavy (non-hydrogen) atoms. The Morgan fingerprint density at radius 2 is 2.26 bits per heavy atom. The Morgan fingerprint density at radius 3 is 3.05 bits per heavy atom. The van der Waals surface area contributed by atoms with Gasteiger partial charge in [-0.1, -0.05) is 19.8 Å². The molecule has 2 heterocycles. The van der Waals surface area contributed by atoms with Gasteiger partial charge in [-0.2, -0.15) is 0 Å². The van der Waals surface area contributed by atoms with E-state index >= 15 is 0 Å². The van der Waals surface area contributed by atoms with Gasteiger partial charge in [-0.3, -0.25) is 0 Å². The fourth-order valence-corrected chi connectivity index (χ4v) is 3.10. The predicted octanol–water partition coefficient (Wildman–Crippen LogP) is 2.33. The highest BCUT2D eigenvalue weighted by molar-refractivity contribution is 5.66. The van der Waals surface area contributed by atoms with Gasteiger partial charge in [0.2, 0.25) is 0 Å². The summed E-state index contributed by atoms with van der Waals surface area (Å²) in [7, 11) is 2.11. The third-order valence-corrected chi connectivity index (χ3v) is 4.17. The number of rotatable bonds is 2. The van der Waals surface area contributed by atoms with Crippen LogP contribution in [0, 0.1) is 5.92 Å². The Kier molecular flexibility index (Phi) is 3.05. The fraction of sp³-hybridized carbons (Fsp3) is 0.571. The first-order valence-corrected chi connectivity index (χ1v) is 6.97. The second-order valence-corrected chi connectivity index (χ2v) is 5.68. The zero-order valence-corrected chi connectivity index (χ0v) is 11.6. The van der Waals surface area contributed by atoms with Crippen molar-refractivity contribution >= 4 is 17.3 Å². The molecule has 0 saturated heterocycles. The number of nitrogen functional groups attached to an aromatic ring is 1. The summed E-state index contributed by atoms with van der Waals surface area (Å²) >= 11 is 0. The van der Waals surface area contributed by atoms with Crippen LogP contribution in [-0.2, 0) is 0 Å². The van der Waals surface area contributed by atoms with Crippen LogP contribution < -0.4 is 10.6 Å². The molecule has 3 rings (SSSR count). The van der Waals surface area contributed by atoms with Crippen LogP contribution in [0.5, 0.6) is 0 Å². The largest absolute Gasteiger partial charge is 0.382 e. The molecule has 0 aromatic carbocycles. The zero-order valence-electron chi connectivity index (χ0n) is 11.6. The summed E-state index contributed by atoms with van der Waals surface area (Å²) in [6, 6.07) is 0.540. The Labute approximate surface area is 113 Å². The van der Waals surface area contributed by atoms with Crippen molar-refractivity contribution in [3.8, 4) is 0 Å². The maximum absolute atomic E-state index is 5.89. The summed E-state index contributed by atoms with van der Waals surface area (Å²) in [5.41, 5.74) is 6.78. The molecule has 102 valence electrons. The van der Waals surface area contributed by atoms with E-state index in [1.165, 1.54) is 25.7 Å². The van der Waals surface area contributed by atoms with Crippen LogP contribution in [0.1, 0.15) is 32.6 Å². The molecule has 5 heteroatoms. The van der Waals surface area contributed by atoms with Gasteiger partial charge in [0, 0.05) is 25.5 Å². The lowest BCUT2D eigenvalue weighted by atomic mass is 9.86. The average molecular weight is 259 g/mol. The average Bonchev–Trinajstić information content (AvgIpc) is 2.85. The van der Waals surface area contributed by atoms with Crippen molar-refractivity contribution in [3.05, 3.63) is 18.6 Å². The zero-order chi connectivity index (χ0) is 13.4. The van der Waals surface area contributed by atoms with Crippen LogP contribution in [0.25, 0.3) is 5.65 Å². The highest BCUT2D eigenvalue weighted by Crippen LogP contribution is 2.30. The van der Waals surface area contributed by atoms with Crippen molar-refractivity contribution in [2.24, 2.45) is 5.92 Å². The molecule has 2 aromatic rings. The number of nitrogens with two attached hydrogens (primary N) is 1. The van der Waals surface area contributed by atoms with Crippen molar-refractivity contribution in [2.45, 2.75) is 38.6 Å². The van der Waals surface area contributed by atoms with E-state index in [0.717, 1.165) is 17.4 Å². The van der Waals surface area contributed by atoms with Crippen LogP contribution >= 0.6 is 0 Å². The molecule has 2 N–H and O–H groups in total.